The molecule has 1 aliphatic rings. The predicted molar refractivity (Wildman–Crippen MR) is 127 cm³/mol. The highest BCUT2D eigenvalue weighted by Gasteiger charge is 2.34. The van der Waals surface area contributed by atoms with E-state index in [1.54, 1.807) is 12.1 Å². The molecule has 2 N–H and O–H groups in total. The van der Waals surface area contributed by atoms with Gasteiger partial charge in [-0.05, 0) is 56.2 Å². The molecule has 0 spiro atoms. The van der Waals surface area contributed by atoms with E-state index < -0.39 is 0 Å². The van der Waals surface area contributed by atoms with E-state index in [1.807, 2.05) is 49.1 Å². The smallest absolute Gasteiger partial charge is 0.258 e. The van der Waals surface area contributed by atoms with Gasteiger partial charge in [-0.3, -0.25) is 0 Å². The molecule has 1 aliphatic heterocycles. The van der Waals surface area contributed by atoms with E-state index in [-0.39, 0.29) is 11.8 Å². The van der Waals surface area contributed by atoms with Crippen LogP contribution in [0.2, 0.25) is 0 Å². The monoisotopic (exact) mass is 450 g/mol. The Balaban J connectivity index is 1.82. The van der Waals surface area contributed by atoms with Crippen LogP contribution in [0.4, 0.5) is 0 Å². The third kappa shape index (κ3) is 4.05. The highest BCUT2D eigenvalue weighted by Crippen LogP contribution is 2.39. The minimum absolute atomic E-state index is 0.0525. The third-order valence-corrected chi connectivity index (χ3v) is 5.85. The highest BCUT2D eigenvalue weighted by atomic mass is 32.1. The van der Waals surface area contributed by atoms with Crippen molar-refractivity contribution in [1.82, 2.24) is 20.4 Å². The van der Waals surface area contributed by atoms with Crippen molar-refractivity contribution in [3.8, 4) is 22.9 Å². The number of rotatable bonds is 6. The summed E-state index contributed by atoms with van der Waals surface area (Å²) in [5.74, 6) is 1.39. The Morgan fingerprint density at radius 3 is 2.72 bits per heavy atom. The molecular weight excluding hydrogens is 424 g/mol. The lowest BCUT2D eigenvalue weighted by Crippen LogP contribution is -2.46. The number of aromatic nitrogens is 2. The first kappa shape index (κ1) is 21.8. The molecule has 3 aromatic rings. The van der Waals surface area contributed by atoms with Crippen molar-refractivity contribution >= 4 is 22.9 Å². The number of nitrogens with zero attached hydrogens (tertiary/aromatic N) is 3. The van der Waals surface area contributed by atoms with Crippen molar-refractivity contribution in [2.75, 3.05) is 13.7 Å². The van der Waals surface area contributed by atoms with Gasteiger partial charge in [0.2, 0.25) is 5.82 Å². The Kier molecular flexibility index (Phi) is 6.14. The Morgan fingerprint density at radius 2 is 2.03 bits per heavy atom. The molecule has 7 nitrogen and oxygen atoms in total. The second-order valence-corrected chi connectivity index (χ2v) is 8.14. The van der Waals surface area contributed by atoms with Crippen LogP contribution in [0.15, 0.2) is 52.7 Å². The minimum atomic E-state index is -0.363. The summed E-state index contributed by atoms with van der Waals surface area (Å²) in [5.41, 5.74) is 4.58. The van der Waals surface area contributed by atoms with Crippen LogP contribution in [0, 0.1) is 6.92 Å². The van der Waals surface area contributed by atoms with Gasteiger partial charge in [-0.25, -0.2) is 0 Å². The lowest BCUT2D eigenvalue weighted by atomic mass is 9.94. The molecule has 1 atom stereocenters. The normalized spacial score (nSPS) is 16.3. The van der Waals surface area contributed by atoms with Crippen LogP contribution in [0.25, 0.3) is 17.0 Å². The van der Waals surface area contributed by atoms with Crippen LogP contribution >= 0.6 is 12.2 Å². The zero-order chi connectivity index (χ0) is 22.8. The molecule has 0 radical (unpaired) electrons. The summed E-state index contributed by atoms with van der Waals surface area (Å²) < 4.78 is 10.9. The van der Waals surface area contributed by atoms with Gasteiger partial charge >= 0.3 is 0 Å². The van der Waals surface area contributed by atoms with Gasteiger partial charge in [0.25, 0.3) is 5.89 Å². The molecule has 0 saturated carbocycles. The zero-order valence-electron chi connectivity index (χ0n) is 18.5. The number of aromatic hydroxyl groups is 1. The number of phenolic OH excluding ortho intramolecular Hbond substituents is 1. The summed E-state index contributed by atoms with van der Waals surface area (Å²) in [6.07, 6.45) is 0.929. The number of allylic oxidation sites excluding steroid dienone is 1. The molecule has 2 aromatic carbocycles. The fourth-order valence-corrected chi connectivity index (χ4v) is 4.27. The first-order valence-electron chi connectivity index (χ1n) is 10.5. The van der Waals surface area contributed by atoms with Gasteiger partial charge in [-0.1, -0.05) is 41.9 Å². The van der Waals surface area contributed by atoms with Crippen LogP contribution < -0.4 is 10.1 Å². The standard InChI is InChI=1S/C24H26N4O3S/c1-5-11-28-15(3)20(23-26-22(27-31-23)17-8-6-7-14(2)12-17)21(25-24(28)32)16-9-10-19(30-4)18(29)13-16/h6-10,12-13,21,29H,5,11H2,1-4H3,(H,25,32). The number of hydrogen-bond acceptors (Lipinski definition) is 6. The van der Waals surface area contributed by atoms with E-state index >= 15 is 0 Å². The number of phenols is 1. The van der Waals surface area contributed by atoms with Crippen LogP contribution in [-0.2, 0) is 0 Å². The molecule has 4 rings (SSSR count). The average molecular weight is 451 g/mol. The first-order valence-corrected chi connectivity index (χ1v) is 10.9. The fraction of sp³-hybridized carbons (Fsp3) is 0.292. The molecule has 0 amide bonds. The SMILES string of the molecule is CCCN1C(=S)NC(c2ccc(OC)c(O)c2)C(c2nc(-c3cccc(C)c3)no2)=C1C. The quantitative estimate of drug-likeness (QED) is 0.517. The van der Waals surface area contributed by atoms with Gasteiger partial charge in [0.1, 0.15) is 0 Å². The second-order valence-electron chi connectivity index (χ2n) is 7.76. The molecule has 2 heterocycles. The first-order chi connectivity index (χ1) is 15.4. The van der Waals surface area contributed by atoms with E-state index in [9.17, 15) is 5.11 Å². The second kappa shape index (κ2) is 9.00. The number of methoxy groups -OCH3 is 1. The molecule has 1 aromatic heterocycles. The molecule has 166 valence electrons. The van der Waals surface area contributed by atoms with Crippen molar-refractivity contribution in [2.45, 2.75) is 33.2 Å². The van der Waals surface area contributed by atoms with Crippen molar-refractivity contribution in [1.29, 1.82) is 0 Å². The van der Waals surface area contributed by atoms with Crippen molar-refractivity contribution in [2.24, 2.45) is 0 Å². The van der Waals surface area contributed by atoms with Crippen molar-refractivity contribution in [3.63, 3.8) is 0 Å². The lowest BCUT2D eigenvalue weighted by Gasteiger charge is -2.37. The van der Waals surface area contributed by atoms with Gasteiger partial charge < -0.3 is 24.6 Å². The van der Waals surface area contributed by atoms with Gasteiger partial charge in [-0.2, -0.15) is 4.98 Å². The Hall–Kier alpha value is -3.39. The maximum Gasteiger partial charge on any atom is 0.258 e. The largest absolute Gasteiger partial charge is 0.504 e. The van der Waals surface area contributed by atoms with E-state index in [0.29, 0.717) is 22.6 Å². The molecule has 32 heavy (non-hydrogen) atoms. The number of benzene rings is 2. The van der Waals surface area contributed by atoms with Gasteiger partial charge in [0, 0.05) is 17.8 Å². The van der Waals surface area contributed by atoms with Crippen LogP contribution in [-0.4, -0.2) is 38.9 Å². The maximum absolute atomic E-state index is 10.4. The van der Waals surface area contributed by atoms with Crippen LogP contribution in [0.1, 0.15) is 43.3 Å². The lowest BCUT2D eigenvalue weighted by molar-refractivity contribution is 0.372. The predicted octanol–water partition coefficient (Wildman–Crippen LogP) is 4.83. The zero-order valence-corrected chi connectivity index (χ0v) is 19.4. The van der Waals surface area contributed by atoms with Crippen molar-refractivity contribution < 1.29 is 14.4 Å². The number of nitrogens with one attached hydrogen (secondary N) is 1. The maximum atomic E-state index is 10.4. The molecule has 1 unspecified atom stereocenters. The summed E-state index contributed by atoms with van der Waals surface area (Å²) in [7, 11) is 1.52. The summed E-state index contributed by atoms with van der Waals surface area (Å²) >= 11 is 5.65. The number of thiocarbonyl (C=S) groups is 1. The molecule has 0 aliphatic carbocycles. The van der Waals surface area contributed by atoms with Crippen LogP contribution in [0.3, 0.4) is 0 Å². The highest BCUT2D eigenvalue weighted by molar-refractivity contribution is 7.80. The topological polar surface area (TPSA) is 83.7 Å². The van der Waals surface area contributed by atoms with Crippen molar-refractivity contribution in [3.05, 3.63) is 65.2 Å². The van der Waals surface area contributed by atoms with Crippen LogP contribution in [0.5, 0.6) is 11.5 Å². The summed E-state index contributed by atoms with van der Waals surface area (Å²) in [5, 5.41) is 18.6. The van der Waals surface area contributed by atoms with Gasteiger partial charge in [0.05, 0.1) is 18.7 Å². The number of hydrogen-bond donors (Lipinski definition) is 2. The summed E-state index contributed by atoms with van der Waals surface area (Å²) in [4.78, 5) is 6.76. The van der Waals surface area contributed by atoms with Gasteiger partial charge in [-0.15, -0.1) is 0 Å². The molecule has 0 saturated heterocycles. The van der Waals surface area contributed by atoms with E-state index in [1.165, 1.54) is 7.11 Å². The van der Waals surface area contributed by atoms with E-state index in [2.05, 4.69) is 17.4 Å². The Morgan fingerprint density at radius 1 is 1.22 bits per heavy atom. The molecule has 8 heteroatoms. The van der Waals surface area contributed by atoms with Gasteiger partial charge in [0.15, 0.2) is 16.6 Å². The van der Waals surface area contributed by atoms with E-state index in [0.717, 1.165) is 40.9 Å². The Labute approximate surface area is 192 Å². The minimum Gasteiger partial charge on any atom is -0.504 e. The molecular formula is C24H26N4O3S. The number of aryl methyl sites for hydroxylation is 1. The molecule has 0 bridgehead atoms. The summed E-state index contributed by atoms with van der Waals surface area (Å²) in [6, 6.07) is 12.9. The van der Waals surface area contributed by atoms with E-state index in [4.69, 9.17) is 26.5 Å². The Bertz CT molecular complexity index is 1190. The third-order valence-electron chi connectivity index (χ3n) is 5.51. The summed E-state index contributed by atoms with van der Waals surface area (Å²) in [6.45, 7) is 6.90. The number of ether oxygens (including phenoxy) is 1. The fourth-order valence-electron chi connectivity index (χ4n) is 3.92. The average Bonchev–Trinajstić information content (AvgIpc) is 3.26. The molecule has 0 fully saturated rings.